The molecule has 1 saturated heterocycles. The lowest BCUT2D eigenvalue weighted by atomic mass is 10.1. The van der Waals surface area contributed by atoms with Crippen LogP contribution in [0.5, 0.6) is 0 Å². The summed E-state index contributed by atoms with van der Waals surface area (Å²) in [5, 5.41) is 4.85. The largest absolute Gasteiger partial charge is 0.368 e. The quantitative estimate of drug-likeness (QED) is 0.605. The second-order valence-electron chi connectivity index (χ2n) is 6.62. The van der Waals surface area contributed by atoms with E-state index in [1.807, 2.05) is 11.8 Å². The summed E-state index contributed by atoms with van der Waals surface area (Å²) < 4.78 is 0. The fourth-order valence-corrected chi connectivity index (χ4v) is 2.24. The summed E-state index contributed by atoms with van der Waals surface area (Å²) in [5.74, 6) is -0.678. The molecule has 0 spiro atoms. The third-order valence-corrected chi connectivity index (χ3v) is 4.33. The second kappa shape index (κ2) is 12.3. The van der Waals surface area contributed by atoms with Gasteiger partial charge in [0.15, 0.2) is 0 Å². The van der Waals surface area contributed by atoms with Crippen molar-refractivity contribution < 1.29 is 19.2 Å². The van der Waals surface area contributed by atoms with E-state index in [0.29, 0.717) is 12.3 Å². The third kappa shape index (κ3) is 8.82. The van der Waals surface area contributed by atoms with Crippen LogP contribution in [0, 0.1) is 5.92 Å². The summed E-state index contributed by atoms with van der Waals surface area (Å²) in [6.07, 6.45) is 3.67. The van der Waals surface area contributed by atoms with Gasteiger partial charge < -0.3 is 21.3 Å². The van der Waals surface area contributed by atoms with Gasteiger partial charge in [-0.1, -0.05) is 20.8 Å². The van der Waals surface area contributed by atoms with Crippen molar-refractivity contribution in [2.24, 2.45) is 11.7 Å². The van der Waals surface area contributed by atoms with Gasteiger partial charge in [0, 0.05) is 25.4 Å². The lowest BCUT2D eigenvalue weighted by molar-refractivity contribution is -0.134. The van der Waals surface area contributed by atoms with Crippen molar-refractivity contribution in [1.82, 2.24) is 15.5 Å². The number of hydrogen-bond acceptors (Lipinski definition) is 4. The number of nitrogens with one attached hydrogen (secondary N) is 2. The topological polar surface area (TPSA) is 122 Å². The van der Waals surface area contributed by atoms with Gasteiger partial charge in [-0.3, -0.25) is 19.2 Å². The highest BCUT2D eigenvalue weighted by molar-refractivity contribution is 5.91. The van der Waals surface area contributed by atoms with E-state index in [0.717, 1.165) is 19.5 Å². The predicted molar refractivity (Wildman–Crippen MR) is 100.0 cm³/mol. The van der Waals surface area contributed by atoms with Crippen LogP contribution in [0.1, 0.15) is 60.3 Å². The first kappa shape index (κ1) is 23.9. The maximum Gasteiger partial charge on any atom is 0.242 e. The molecule has 0 aromatic heterocycles. The van der Waals surface area contributed by atoms with Crippen LogP contribution in [0.15, 0.2) is 0 Å². The minimum atomic E-state index is -0.738. The highest BCUT2D eigenvalue weighted by atomic mass is 16.2. The molecule has 150 valence electrons. The summed E-state index contributed by atoms with van der Waals surface area (Å²) >= 11 is 0. The maximum absolute atomic E-state index is 11.5. The maximum atomic E-state index is 11.5. The minimum absolute atomic E-state index is 0.218. The molecule has 0 saturated carbocycles. The van der Waals surface area contributed by atoms with E-state index in [1.54, 1.807) is 6.92 Å². The molecule has 3 atom stereocenters. The van der Waals surface area contributed by atoms with Crippen molar-refractivity contribution in [3.63, 3.8) is 0 Å². The van der Waals surface area contributed by atoms with Crippen LogP contribution in [0.4, 0.5) is 0 Å². The number of amides is 4. The molecule has 8 heteroatoms. The van der Waals surface area contributed by atoms with Crippen LogP contribution in [0.25, 0.3) is 0 Å². The van der Waals surface area contributed by atoms with Gasteiger partial charge in [0.2, 0.25) is 23.6 Å². The minimum Gasteiger partial charge on any atom is -0.368 e. The summed E-state index contributed by atoms with van der Waals surface area (Å²) in [5.41, 5.74) is 4.97. The number of carbonyl (C=O) groups is 4. The third-order valence-electron chi connectivity index (χ3n) is 4.33. The van der Waals surface area contributed by atoms with Gasteiger partial charge in [0.25, 0.3) is 0 Å². The smallest absolute Gasteiger partial charge is 0.242 e. The number of rotatable bonds is 7. The second-order valence-corrected chi connectivity index (χ2v) is 6.62. The van der Waals surface area contributed by atoms with Crippen LogP contribution in [-0.2, 0) is 19.2 Å². The zero-order valence-electron chi connectivity index (χ0n) is 16.6. The molecule has 1 aliphatic rings. The standard InChI is InChI=1S/C9H17N3O3.C9H17NO/c1-4-7(13)11-6(3)9(15)12-5(2)8(10)14;1-3-8(2)9(11)10-6-4-5-7-10/h5-6H,4H2,1-3H3,(H2,10,14)(H,11,13)(H,12,15);8H,3-7H2,1-2H3. The molecule has 1 heterocycles. The van der Waals surface area contributed by atoms with Gasteiger partial charge in [-0.2, -0.15) is 0 Å². The van der Waals surface area contributed by atoms with Gasteiger partial charge >= 0.3 is 0 Å². The zero-order valence-corrected chi connectivity index (χ0v) is 16.6. The van der Waals surface area contributed by atoms with Crippen molar-refractivity contribution in [2.45, 2.75) is 72.4 Å². The normalized spacial score (nSPS) is 16.6. The van der Waals surface area contributed by atoms with Crippen molar-refractivity contribution >= 4 is 23.6 Å². The average Bonchev–Trinajstić information content (AvgIpc) is 3.14. The molecule has 1 fully saturated rings. The van der Waals surface area contributed by atoms with Crippen molar-refractivity contribution in [2.75, 3.05) is 13.1 Å². The van der Waals surface area contributed by atoms with Gasteiger partial charge in [-0.25, -0.2) is 0 Å². The Kier molecular flexibility index (Phi) is 11.3. The lowest BCUT2D eigenvalue weighted by Crippen LogP contribution is -2.50. The van der Waals surface area contributed by atoms with Gasteiger partial charge in [-0.15, -0.1) is 0 Å². The van der Waals surface area contributed by atoms with E-state index in [4.69, 9.17) is 5.73 Å². The molecule has 0 radical (unpaired) electrons. The highest BCUT2D eigenvalue weighted by Gasteiger charge is 2.21. The molecular formula is C18H34N4O4. The first-order valence-electron chi connectivity index (χ1n) is 9.31. The van der Waals surface area contributed by atoms with E-state index in [9.17, 15) is 19.2 Å². The Labute approximate surface area is 156 Å². The average molecular weight is 370 g/mol. The van der Waals surface area contributed by atoms with Crippen LogP contribution < -0.4 is 16.4 Å². The summed E-state index contributed by atoms with van der Waals surface area (Å²) in [6.45, 7) is 10.8. The molecule has 0 aromatic carbocycles. The number of carbonyl (C=O) groups excluding carboxylic acids is 4. The Morgan fingerprint density at radius 3 is 1.92 bits per heavy atom. The predicted octanol–water partition coefficient (Wildman–Crippen LogP) is 0.546. The molecule has 4 N–H and O–H groups in total. The van der Waals surface area contributed by atoms with E-state index in [-0.39, 0.29) is 11.8 Å². The Morgan fingerprint density at radius 1 is 0.962 bits per heavy atom. The fourth-order valence-electron chi connectivity index (χ4n) is 2.24. The van der Waals surface area contributed by atoms with Crippen LogP contribution in [-0.4, -0.2) is 53.7 Å². The molecule has 8 nitrogen and oxygen atoms in total. The Balaban J connectivity index is 0.000000502. The van der Waals surface area contributed by atoms with E-state index < -0.39 is 23.9 Å². The molecule has 26 heavy (non-hydrogen) atoms. The first-order chi connectivity index (χ1) is 12.1. The molecule has 0 aliphatic carbocycles. The number of nitrogens with two attached hydrogens (primary N) is 1. The summed E-state index contributed by atoms with van der Waals surface area (Å²) in [7, 11) is 0. The molecular weight excluding hydrogens is 336 g/mol. The van der Waals surface area contributed by atoms with E-state index in [2.05, 4.69) is 17.6 Å². The van der Waals surface area contributed by atoms with Crippen molar-refractivity contribution in [3.8, 4) is 0 Å². The summed E-state index contributed by atoms with van der Waals surface area (Å²) in [6, 6.07) is -1.40. The molecule has 1 aliphatic heterocycles. The van der Waals surface area contributed by atoms with Crippen LogP contribution >= 0.6 is 0 Å². The lowest BCUT2D eigenvalue weighted by Gasteiger charge is -2.18. The van der Waals surface area contributed by atoms with Crippen molar-refractivity contribution in [1.29, 1.82) is 0 Å². The zero-order chi connectivity index (χ0) is 20.3. The summed E-state index contributed by atoms with van der Waals surface area (Å²) in [4.78, 5) is 46.5. The van der Waals surface area contributed by atoms with E-state index in [1.165, 1.54) is 26.7 Å². The van der Waals surface area contributed by atoms with Crippen molar-refractivity contribution in [3.05, 3.63) is 0 Å². The molecule has 4 amide bonds. The van der Waals surface area contributed by atoms with Crippen LogP contribution in [0.2, 0.25) is 0 Å². The Morgan fingerprint density at radius 2 is 1.50 bits per heavy atom. The highest BCUT2D eigenvalue weighted by Crippen LogP contribution is 2.13. The number of primary amides is 1. The first-order valence-corrected chi connectivity index (χ1v) is 9.31. The number of likely N-dealkylation sites (tertiary alicyclic amines) is 1. The Hall–Kier alpha value is -2.12. The van der Waals surface area contributed by atoms with Gasteiger partial charge in [0.1, 0.15) is 12.1 Å². The van der Waals surface area contributed by atoms with Crippen LogP contribution in [0.3, 0.4) is 0 Å². The molecule has 0 aromatic rings. The molecule has 0 bridgehead atoms. The van der Waals surface area contributed by atoms with Gasteiger partial charge in [0.05, 0.1) is 0 Å². The fraction of sp³-hybridized carbons (Fsp3) is 0.778. The van der Waals surface area contributed by atoms with Gasteiger partial charge in [-0.05, 0) is 33.1 Å². The molecule has 1 rings (SSSR count). The molecule has 3 unspecified atom stereocenters. The Bertz CT molecular complexity index is 490. The van der Waals surface area contributed by atoms with E-state index >= 15 is 0 Å². The SMILES string of the molecule is CCC(=O)NC(C)C(=O)NC(C)C(N)=O.CCC(C)C(=O)N1CCCC1. The number of nitrogens with zero attached hydrogens (tertiary/aromatic N) is 1. The number of hydrogen-bond donors (Lipinski definition) is 3. The monoisotopic (exact) mass is 370 g/mol.